The Morgan fingerprint density at radius 2 is 1.24 bits per heavy atom. The van der Waals surface area contributed by atoms with E-state index in [0.717, 1.165) is 17.7 Å². The summed E-state index contributed by atoms with van der Waals surface area (Å²) in [5, 5.41) is 0. The summed E-state index contributed by atoms with van der Waals surface area (Å²) in [5.74, 6) is -0.472. The number of hydrogen-bond acceptors (Lipinski definition) is 6. The molecule has 0 aromatic heterocycles. The van der Waals surface area contributed by atoms with E-state index in [0.29, 0.717) is 18.1 Å². The topological polar surface area (TPSA) is 78.9 Å². The van der Waals surface area contributed by atoms with Crippen molar-refractivity contribution in [1.29, 1.82) is 0 Å². The van der Waals surface area contributed by atoms with Gasteiger partial charge < -0.3 is 14.2 Å². The van der Waals surface area contributed by atoms with Crippen LogP contribution in [0.4, 0.5) is 0 Å². The van der Waals surface area contributed by atoms with E-state index in [1.54, 1.807) is 6.92 Å². The summed E-state index contributed by atoms with van der Waals surface area (Å²) in [4.78, 5) is 30.7. The minimum absolute atomic E-state index is 0.312. The van der Waals surface area contributed by atoms with Crippen LogP contribution in [-0.4, -0.2) is 32.1 Å². The van der Waals surface area contributed by atoms with Crippen molar-refractivity contribution in [2.45, 2.75) is 33.3 Å². The largest absolute Gasteiger partial charge is 0.466 e. The molecule has 184 valence electrons. The molecule has 0 N–H and O–H groups in total. The van der Waals surface area contributed by atoms with Gasteiger partial charge in [-0.05, 0) is 24.0 Å². The summed E-state index contributed by atoms with van der Waals surface area (Å²) in [7, 11) is 2.62. The number of carbonyl (C=O) groups is 3. The second-order valence-corrected chi connectivity index (χ2v) is 6.86. The highest BCUT2D eigenvalue weighted by molar-refractivity contribution is 5.86. The third kappa shape index (κ3) is 18.8. The average molecular weight is 469 g/mol. The van der Waals surface area contributed by atoms with Crippen LogP contribution >= 0.6 is 0 Å². The van der Waals surface area contributed by atoms with Gasteiger partial charge >= 0.3 is 17.9 Å². The normalized spacial score (nSPS) is 8.65. The van der Waals surface area contributed by atoms with Gasteiger partial charge in [0.2, 0.25) is 0 Å². The van der Waals surface area contributed by atoms with Gasteiger partial charge in [0.25, 0.3) is 0 Å². The Morgan fingerprint density at radius 3 is 1.50 bits per heavy atom. The number of esters is 3. The van der Waals surface area contributed by atoms with Crippen molar-refractivity contribution in [3.8, 4) is 0 Å². The Kier molecular flexibility index (Phi) is 19.9. The second kappa shape index (κ2) is 20.9. The van der Waals surface area contributed by atoms with Crippen LogP contribution < -0.4 is 0 Å². The van der Waals surface area contributed by atoms with Crippen molar-refractivity contribution in [2.24, 2.45) is 0 Å². The highest BCUT2D eigenvalue weighted by Gasteiger charge is 2.02. The predicted octanol–water partition coefficient (Wildman–Crippen LogP) is 5.81. The molecule has 0 aliphatic carbocycles. The minimum Gasteiger partial charge on any atom is -0.466 e. The van der Waals surface area contributed by atoms with Crippen molar-refractivity contribution >= 4 is 17.9 Å². The van der Waals surface area contributed by atoms with Crippen molar-refractivity contribution in [3.63, 3.8) is 0 Å². The number of carbonyl (C=O) groups excluding carboxylic acids is 3. The minimum atomic E-state index is -0.394. The van der Waals surface area contributed by atoms with Crippen LogP contribution in [0.15, 0.2) is 98.1 Å². The van der Waals surface area contributed by atoms with Gasteiger partial charge in [-0.2, -0.15) is 0 Å². The van der Waals surface area contributed by atoms with E-state index in [4.69, 9.17) is 4.74 Å². The van der Waals surface area contributed by atoms with Crippen molar-refractivity contribution in [3.05, 3.63) is 109 Å². The summed E-state index contributed by atoms with van der Waals surface area (Å²) in [6.45, 7) is 16.2. The Labute approximate surface area is 203 Å². The molecule has 0 saturated heterocycles. The summed E-state index contributed by atoms with van der Waals surface area (Å²) in [6.07, 6.45) is 2.22. The van der Waals surface area contributed by atoms with E-state index in [1.807, 2.05) is 36.4 Å². The smallest absolute Gasteiger partial charge is 0.333 e. The number of hydrogen-bond donors (Lipinski definition) is 0. The first kappa shape index (κ1) is 32.3. The summed E-state index contributed by atoms with van der Waals surface area (Å²) in [6, 6.07) is 20.1. The molecule has 0 spiro atoms. The van der Waals surface area contributed by atoms with E-state index in [-0.39, 0.29) is 5.97 Å². The average Bonchev–Trinajstić information content (AvgIpc) is 2.88. The molecule has 0 amide bonds. The van der Waals surface area contributed by atoms with Crippen LogP contribution in [-0.2, 0) is 35.2 Å². The van der Waals surface area contributed by atoms with E-state index >= 15 is 0 Å². The van der Waals surface area contributed by atoms with E-state index < -0.39 is 11.9 Å². The van der Waals surface area contributed by atoms with Crippen LogP contribution in [0.3, 0.4) is 0 Å². The van der Waals surface area contributed by atoms with Gasteiger partial charge in [0.15, 0.2) is 0 Å². The molecule has 2 rings (SSSR count). The third-order valence-corrected chi connectivity index (χ3v) is 3.76. The van der Waals surface area contributed by atoms with Crippen LogP contribution in [0, 0.1) is 0 Å². The van der Waals surface area contributed by atoms with Gasteiger partial charge in [0, 0.05) is 17.7 Å². The molecular weight excluding hydrogens is 432 g/mol. The first-order valence-electron chi connectivity index (χ1n) is 10.4. The van der Waals surface area contributed by atoms with Crippen molar-refractivity contribution in [2.75, 3.05) is 14.2 Å². The molecular formula is C28H36O6. The zero-order chi connectivity index (χ0) is 26.4. The SMILES string of the molecule is C=C(C)C(=O)OCc1ccccc1.C=CC(=O)OC.C=CC(=O)OC.CC(C)c1ccccc1. The van der Waals surface area contributed by atoms with Gasteiger partial charge in [-0.1, -0.05) is 94.2 Å². The molecule has 0 fully saturated rings. The maximum Gasteiger partial charge on any atom is 0.333 e. The fraction of sp³-hybridized carbons (Fsp3) is 0.250. The summed E-state index contributed by atoms with van der Waals surface area (Å²) in [5.41, 5.74) is 2.82. The lowest BCUT2D eigenvalue weighted by atomic mass is 10.0. The van der Waals surface area contributed by atoms with Gasteiger partial charge in [-0.25, -0.2) is 14.4 Å². The molecule has 0 aliphatic heterocycles. The Bertz CT molecular complexity index is 850. The lowest BCUT2D eigenvalue weighted by molar-refractivity contribution is -0.140. The van der Waals surface area contributed by atoms with Crippen LogP contribution in [0.1, 0.15) is 37.8 Å². The van der Waals surface area contributed by atoms with E-state index in [1.165, 1.54) is 19.8 Å². The second-order valence-electron chi connectivity index (χ2n) is 6.86. The maximum atomic E-state index is 11.0. The Hall–Kier alpha value is -3.93. The highest BCUT2D eigenvalue weighted by Crippen LogP contribution is 2.11. The molecule has 34 heavy (non-hydrogen) atoms. The molecule has 0 saturated carbocycles. The van der Waals surface area contributed by atoms with Gasteiger partial charge in [0.1, 0.15) is 6.61 Å². The molecule has 2 aromatic rings. The van der Waals surface area contributed by atoms with Gasteiger partial charge in [-0.15, -0.1) is 0 Å². The lowest BCUT2D eigenvalue weighted by Crippen LogP contribution is -2.04. The molecule has 0 aliphatic rings. The van der Waals surface area contributed by atoms with E-state index in [2.05, 4.69) is 67.3 Å². The molecule has 0 radical (unpaired) electrons. The molecule has 6 heteroatoms. The van der Waals surface area contributed by atoms with Crippen molar-refractivity contribution < 1.29 is 28.6 Å². The molecule has 0 atom stereocenters. The van der Waals surface area contributed by atoms with Crippen LogP contribution in [0.5, 0.6) is 0 Å². The standard InChI is InChI=1S/C11H12O2.C9H12.2C4H6O2/c1-9(2)11(12)13-8-10-6-4-3-5-7-10;1-8(2)9-6-4-3-5-7-9;2*1-3-4(5)6-2/h3-7H,1,8H2,2H3;3-8H,1-2H3;2*3H,1H2,2H3. The van der Waals surface area contributed by atoms with Crippen LogP contribution in [0.2, 0.25) is 0 Å². The quantitative estimate of drug-likeness (QED) is 0.303. The molecule has 2 aromatic carbocycles. The van der Waals surface area contributed by atoms with Gasteiger partial charge in [-0.3, -0.25) is 0 Å². The molecule has 0 heterocycles. The Balaban J connectivity index is 0. The predicted molar refractivity (Wildman–Crippen MR) is 136 cm³/mol. The number of benzene rings is 2. The van der Waals surface area contributed by atoms with E-state index in [9.17, 15) is 14.4 Å². The third-order valence-electron chi connectivity index (χ3n) is 3.76. The lowest BCUT2D eigenvalue weighted by Gasteiger charge is -2.03. The maximum absolute atomic E-state index is 11.0. The fourth-order valence-electron chi connectivity index (χ4n) is 1.85. The first-order valence-corrected chi connectivity index (χ1v) is 10.4. The summed E-state index contributed by atoms with van der Waals surface area (Å²) >= 11 is 0. The number of ether oxygens (including phenoxy) is 3. The molecule has 0 unspecified atom stereocenters. The first-order chi connectivity index (χ1) is 16.1. The summed E-state index contributed by atoms with van der Waals surface area (Å²) < 4.78 is 13.2. The Morgan fingerprint density at radius 1 is 0.824 bits per heavy atom. The molecule has 0 bridgehead atoms. The highest BCUT2D eigenvalue weighted by atomic mass is 16.5. The van der Waals surface area contributed by atoms with Gasteiger partial charge in [0.05, 0.1) is 14.2 Å². The monoisotopic (exact) mass is 468 g/mol. The number of methoxy groups -OCH3 is 2. The van der Waals surface area contributed by atoms with Crippen molar-refractivity contribution in [1.82, 2.24) is 0 Å². The van der Waals surface area contributed by atoms with Crippen LogP contribution in [0.25, 0.3) is 0 Å². The fourth-order valence-corrected chi connectivity index (χ4v) is 1.85. The zero-order valence-corrected chi connectivity index (χ0v) is 20.8. The molecule has 6 nitrogen and oxygen atoms in total. The number of rotatable bonds is 6. The zero-order valence-electron chi connectivity index (χ0n) is 20.8.